The summed E-state index contributed by atoms with van der Waals surface area (Å²) in [7, 11) is 1.97. The quantitative estimate of drug-likeness (QED) is 0.881. The molecule has 0 amide bonds. The van der Waals surface area contributed by atoms with Gasteiger partial charge in [0.1, 0.15) is 10.8 Å². The Hall–Kier alpha value is -0.780. The van der Waals surface area contributed by atoms with E-state index in [4.69, 9.17) is 4.98 Å². The lowest BCUT2D eigenvalue weighted by molar-refractivity contribution is 0.490. The van der Waals surface area contributed by atoms with E-state index in [0.717, 1.165) is 29.1 Å². The van der Waals surface area contributed by atoms with Crippen molar-refractivity contribution in [1.82, 2.24) is 10.3 Å². The van der Waals surface area contributed by atoms with Gasteiger partial charge in [0.25, 0.3) is 0 Å². The number of rotatable bonds is 2. The van der Waals surface area contributed by atoms with Crippen LogP contribution in [-0.4, -0.2) is 12.0 Å². The lowest BCUT2D eigenvalue weighted by Gasteiger charge is -2.19. The topological polar surface area (TPSA) is 24.9 Å². The molecule has 1 heterocycles. The number of aromatic nitrogens is 1. The lowest BCUT2D eigenvalue weighted by Crippen LogP contribution is -2.21. The highest BCUT2D eigenvalue weighted by atomic mass is 79.9. The molecule has 19 heavy (non-hydrogen) atoms. The van der Waals surface area contributed by atoms with Crippen LogP contribution in [0.3, 0.4) is 0 Å². The van der Waals surface area contributed by atoms with Crippen LogP contribution in [0.2, 0.25) is 0 Å². The normalized spacial score (nSPS) is 18.4. The van der Waals surface area contributed by atoms with Gasteiger partial charge < -0.3 is 5.32 Å². The summed E-state index contributed by atoms with van der Waals surface area (Å²) >= 11 is 4.87. The van der Waals surface area contributed by atoms with Gasteiger partial charge in [0.15, 0.2) is 0 Å². The molecule has 2 aromatic rings. The maximum absolute atomic E-state index is 13.6. The Labute approximate surface area is 124 Å². The van der Waals surface area contributed by atoms with Gasteiger partial charge >= 0.3 is 0 Å². The van der Waals surface area contributed by atoms with Crippen molar-refractivity contribution in [2.45, 2.75) is 25.3 Å². The maximum atomic E-state index is 13.6. The zero-order valence-corrected chi connectivity index (χ0v) is 12.9. The zero-order valence-electron chi connectivity index (χ0n) is 10.5. The van der Waals surface area contributed by atoms with Gasteiger partial charge in [-0.15, -0.1) is 11.3 Å². The highest BCUT2D eigenvalue weighted by molar-refractivity contribution is 9.10. The monoisotopic (exact) mass is 340 g/mol. The van der Waals surface area contributed by atoms with Crippen molar-refractivity contribution >= 4 is 27.3 Å². The second kappa shape index (κ2) is 5.31. The first-order chi connectivity index (χ1) is 9.19. The van der Waals surface area contributed by atoms with Crippen LogP contribution >= 0.6 is 27.3 Å². The second-order valence-corrected chi connectivity index (χ2v) is 6.63. The van der Waals surface area contributed by atoms with Crippen LogP contribution in [0.15, 0.2) is 22.7 Å². The first-order valence-electron chi connectivity index (χ1n) is 6.31. The Balaban J connectivity index is 2.02. The van der Waals surface area contributed by atoms with Crippen LogP contribution in [0.5, 0.6) is 0 Å². The minimum Gasteiger partial charge on any atom is -0.312 e. The average Bonchev–Trinajstić information content (AvgIpc) is 2.85. The Kier molecular flexibility index (Phi) is 3.69. The summed E-state index contributed by atoms with van der Waals surface area (Å²) in [4.78, 5) is 6.06. The lowest BCUT2D eigenvalue weighted by atomic mass is 9.98. The van der Waals surface area contributed by atoms with Crippen molar-refractivity contribution in [2.24, 2.45) is 0 Å². The average molecular weight is 341 g/mol. The van der Waals surface area contributed by atoms with Crippen LogP contribution in [0.4, 0.5) is 4.39 Å². The predicted molar refractivity (Wildman–Crippen MR) is 79.9 cm³/mol. The fraction of sp³-hybridized carbons (Fsp3) is 0.357. The van der Waals surface area contributed by atoms with E-state index < -0.39 is 0 Å². The number of hydrogen-bond acceptors (Lipinski definition) is 3. The van der Waals surface area contributed by atoms with Gasteiger partial charge in [-0.1, -0.05) is 6.07 Å². The summed E-state index contributed by atoms with van der Waals surface area (Å²) in [6, 6.07) is 5.53. The van der Waals surface area contributed by atoms with Gasteiger partial charge in [0.2, 0.25) is 0 Å². The molecule has 0 aliphatic heterocycles. The molecule has 0 bridgehead atoms. The minimum atomic E-state index is -0.240. The molecule has 0 fully saturated rings. The molecule has 3 rings (SSSR count). The van der Waals surface area contributed by atoms with Crippen molar-refractivity contribution < 1.29 is 4.39 Å². The molecule has 0 saturated heterocycles. The molecule has 2 nitrogen and oxygen atoms in total. The highest BCUT2D eigenvalue weighted by Crippen LogP contribution is 2.37. The van der Waals surface area contributed by atoms with Crippen molar-refractivity contribution in [1.29, 1.82) is 0 Å². The fourth-order valence-electron chi connectivity index (χ4n) is 2.45. The van der Waals surface area contributed by atoms with E-state index in [1.165, 1.54) is 11.3 Å². The molecule has 1 aliphatic carbocycles. The van der Waals surface area contributed by atoms with Crippen molar-refractivity contribution in [3.8, 4) is 10.6 Å². The third kappa shape index (κ3) is 2.47. The summed E-state index contributed by atoms with van der Waals surface area (Å²) < 4.78 is 14.1. The zero-order chi connectivity index (χ0) is 13.4. The summed E-state index contributed by atoms with van der Waals surface area (Å²) in [6.45, 7) is 0. The van der Waals surface area contributed by atoms with Crippen LogP contribution in [0.25, 0.3) is 10.6 Å². The number of fused-ring (bicyclic) bond motifs is 1. The van der Waals surface area contributed by atoms with E-state index >= 15 is 0 Å². The van der Waals surface area contributed by atoms with E-state index in [2.05, 4.69) is 21.2 Å². The van der Waals surface area contributed by atoms with Gasteiger partial charge in [-0.25, -0.2) is 9.37 Å². The smallest absolute Gasteiger partial charge is 0.138 e. The van der Waals surface area contributed by atoms with Crippen LogP contribution in [0, 0.1) is 5.82 Å². The molecular formula is C14H14BrFN2S. The van der Waals surface area contributed by atoms with Crippen molar-refractivity contribution in [3.05, 3.63) is 39.1 Å². The largest absolute Gasteiger partial charge is 0.312 e. The molecule has 1 atom stereocenters. The SMILES string of the molecule is CNC1CCCc2sc(-c3ccc(Br)c(F)c3)nc21. The summed E-state index contributed by atoms with van der Waals surface area (Å²) in [6.07, 6.45) is 3.40. The molecule has 100 valence electrons. The van der Waals surface area contributed by atoms with Gasteiger partial charge in [0, 0.05) is 10.4 Å². The minimum absolute atomic E-state index is 0.240. The number of aryl methyl sites for hydroxylation is 1. The van der Waals surface area contributed by atoms with Gasteiger partial charge in [-0.3, -0.25) is 0 Å². The molecule has 0 radical (unpaired) electrons. The highest BCUT2D eigenvalue weighted by Gasteiger charge is 2.23. The third-order valence-electron chi connectivity index (χ3n) is 3.47. The molecule has 1 unspecified atom stereocenters. The van der Waals surface area contributed by atoms with Gasteiger partial charge in [-0.05, 0) is 54.4 Å². The molecule has 5 heteroatoms. The molecule has 1 aliphatic rings. The Morgan fingerprint density at radius 1 is 1.47 bits per heavy atom. The summed E-state index contributed by atoms with van der Waals surface area (Å²) in [5, 5.41) is 4.22. The molecule has 1 aromatic heterocycles. The first kappa shape index (κ1) is 13.2. The van der Waals surface area contributed by atoms with Crippen LogP contribution in [-0.2, 0) is 6.42 Å². The van der Waals surface area contributed by atoms with E-state index in [-0.39, 0.29) is 5.82 Å². The Morgan fingerprint density at radius 3 is 3.05 bits per heavy atom. The third-order valence-corrected chi connectivity index (χ3v) is 5.29. The van der Waals surface area contributed by atoms with Gasteiger partial charge in [0.05, 0.1) is 16.2 Å². The molecule has 0 spiro atoms. The van der Waals surface area contributed by atoms with Gasteiger partial charge in [-0.2, -0.15) is 0 Å². The second-order valence-electron chi connectivity index (χ2n) is 4.69. The van der Waals surface area contributed by atoms with E-state index in [0.29, 0.717) is 10.5 Å². The molecule has 0 saturated carbocycles. The standard InChI is InChI=1S/C14H14BrFN2S/c1-17-11-3-2-4-12-13(11)18-14(19-12)8-5-6-9(15)10(16)7-8/h5-7,11,17H,2-4H2,1H3. The van der Waals surface area contributed by atoms with E-state index in [1.54, 1.807) is 23.5 Å². The summed E-state index contributed by atoms with van der Waals surface area (Å²) in [5.74, 6) is -0.240. The maximum Gasteiger partial charge on any atom is 0.138 e. The predicted octanol–water partition coefficient (Wildman–Crippen LogP) is 4.31. The number of nitrogens with one attached hydrogen (secondary N) is 1. The van der Waals surface area contributed by atoms with Crippen molar-refractivity contribution in [2.75, 3.05) is 7.05 Å². The Morgan fingerprint density at radius 2 is 2.32 bits per heavy atom. The Bertz CT molecular complexity index is 611. The number of nitrogens with zero attached hydrogens (tertiary/aromatic N) is 1. The van der Waals surface area contributed by atoms with E-state index in [1.807, 2.05) is 13.1 Å². The number of benzene rings is 1. The van der Waals surface area contributed by atoms with E-state index in [9.17, 15) is 4.39 Å². The molecular weight excluding hydrogens is 327 g/mol. The molecule has 1 N–H and O–H groups in total. The fourth-order valence-corrected chi connectivity index (χ4v) is 3.86. The molecule has 1 aromatic carbocycles. The number of halogens is 2. The van der Waals surface area contributed by atoms with Crippen LogP contribution in [0.1, 0.15) is 29.5 Å². The first-order valence-corrected chi connectivity index (χ1v) is 7.92. The van der Waals surface area contributed by atoms with Crippen LogP contribution < -0.4 is 5.32 Å². The van der Waals surface area contributed by atoms with Crippen molar-refractivity contribution in [3.63, 3.8) is 0 Å². The number of thiazole rings is 1. The summed E-state index contributed by atoms with van der Waals surface area (Å²) in [5.41, 5.74) is 2.01. The number of hydrogen-bond donors (Lipinski definition) is 1.